The number of hydrogen-bond acceptors (Lipinski definition) is 3. The molecule has 0 spiro atoms. The van der Waals surface area contributed by atoms with Gasteiger partial charge in [0.1, 0.15) is 0 Å². The van der Waals surface area contributed by atoms with Gasteiger partial charge in [0.15, 0.2) is 5.96 Å². The van der Waals surface area contributed by atoms with Crippen molar-refractivity contribution in [3.05, 3.63) is 47.3 Å². The van der Waals surface area contributed by atoms with Crippen LogP contribution in [0.25, 0.3) is 0 Å². The molecule has 2 aromatic rings. The lowest BCUT2D eigenvalue weighted by molar-refractivity contribution is 0.372. The van der Waals surface area contributed by atoms with E-state index in [1.165, 1.54) is 16.8 Å². The smallest absolute Gasteiger partial charge is 0.194 e. The topological polar surface area (TPSA) is 48.7 Å². The number of rotatable bonds is 4. The molecule has 1 aliphatic heterocycles. The van der Waals surface area contributed by atoms with E-state index in [9.17, 15) is 0 Å². The fraction of sp³-hybridized carbons (Fsp3) is 0.500. The highest BCUT2D eigenvalue weighted by Gasteiger charge is 2.21. The van der Waals surface area contributed by atoms with Crippen molar-refractivity contribution in [1.29, 1.82) is 0 Å². The van der Waals surface area contributed by atoms with Crippen LogP contribution in [-0.2, 0) is 13.6 Å². The van der Waals surface area contributed by atoms with Crippen LogP contribution >= 0.6 is 0 Å². The minimum absolute atomic E-state index is 0.660. The first kappa shape index (κ1) is 18.3. The van der Waals surface area contributed by atoms with Crippen LogP contribution < -0.4 is 10.2 Å². The van der Waals surface area contributed by atoms with Crippen LogP contribution in [0.2, 0.25) is 0 Å². The van der Waals surface area contributed by atoms with E-state index < -0.39 is 0 Å². The number of nitrogens with zero attached hydrogens (tertiary/aromatic N) is 5. The summed E-state index contributed by atoms with van der Waals surface area (Å²) in [6.45, 7) is 12.0. The van der Waals surface area contributed by atoms with Gasteiger partial charge < -0.3 is 15.1 Å². The Balaban J connectivity index is 1.65. The van der Waals surface area contributed by atoms with Gasteiger partial charge in [-0.3, -0.25) is 4.68 Å². The predicted molar refractivity (Wildman–Crippen MR) is 108 cm³/mol. The zero-order valence-electron chi connectivity index (χ0n) is 16.4. The fourth-order valence-electron chi connectivity index (χ4n) is 3.38. The standard InChI is InChI=1S/C20H30N6/c1-5-21-20(22-13-18-14-23-24(4)15-18)26-11-9-25(10-12-26)19-8-6-7-16(2)17(19)3/h6-8,14-15H,5,9-13H2,1-4H3,(H,21,22). The predicted octanol–water partition coefficient (Wildman–Crippen LogP) is 2.32. The van der Waals surface area contributed by atoms with E-state index in [1.807, 2.05) is 24.1 Å². The molecule has 6 nitrogen and oxygen atoms in total. The lowest BCUT2D eigenvalue weighted by Gasteiger charge is -2.38. The molecule has 1 aliphatic rings. The first-order chi connectivity index (χ1) is 12.6. The van der Waals surface area contributed by atoms with Crippen molar-refractivity contribution in [3.63, 3.8) is 0 Å². The molecule has 0 saturated carbocycles. The third kappa shape index (κ3) is 4.18. The summed E-state index contributed by atoms with van der Waals surface area (Å²) in [5.41, 5.74) is 5.24. The fourth-order valence-corrected chi connectivity index (χ4v) is 3.38. The van der Waals surface area contributed by atoms with Crippen LogP contribution in [0.5, 0.6) is 0 Å². The lowest BCUT2D eigenvalue weighted by Crippen LogP contribution is -2.52. The molecule has 0 radical (unpaired) electrons. The highest BCUT2D eigenvalue weighted by atomic mass is 15.3. The average Bonchev–Trinajstić information content (AvgIpc) is 3.06. The number of aromatic nitrogens is 2. The van der Waals surface area contributed by atoms with Crippen LogP contribution in [-0.4, -0.2) is 53.4 Å². The third-order valence-electron chi connectivity index (χ3n) is 5.00. The van der Waals surface area contributed by atoms with Gasteiger partial charge in [-0.2, -0.15) is 5.10 Å². The molecule has 1 saturated heterocycles. The summed E-state index contributed by atoms with van der Waals surface area (Å²) in [5.74, 6) is 0.997. The quantitative estimate of drug-likeness (QED) is 0.676. The van der Waals surface area contributed by atoms with E-state index in [2.05, 4.69) is 59.2 Å². The van der Waals surface area contributed by atoms with Crippen molar-refractivity contribution in [2.24, 2.45) is 12.0 Å². The van der Waals surface area contributed by atoms with E-state index in [-0.39, 0.29) is 0 Å². The van der Waals surface area contributed by atoms with Gasteiger partial charge in [0.2, 0.25) is 0 Å². The van der Waals surface area contributed by atoms with Crippen molar-refractivity contribution in [2.75, 3.05) is 37.6 Å². The summed E-state index contributed by atoms with van der Waals surface area (Å²) in [4.78, 5) is 9.66. The zero-order chi connectivity index (χ0) is 18.5. The number of nitrogens with one attached hydrogen (secondary N) is 1. The van der Waals surface area contributed by atoms with E-state index in [0.29, 0.717) is 6.54 Å². The molecule has 1 aromatic carbocycles. The van der Waals surface area contributed by atoms with Crippen LogP contribution in [0.4, 0.5) is 5.69 Å². The van der Waals surface area contributed by atoms with Crippen LogP contribution in [0.1, 0.15) is 23.6 Å². The summed E-state index contributed by atoms with van der Waals surface area (Å²) >= 11 is 0. The van der Waals surface area contributed by atoms with Gasteiger partial charge in [-0.25, -0.2) is 4.99 Å². The SMILES string of the molecule is CCNC(=NCc1cnn(C)c1)N1CCN(c2cccc(C)c2C)CC1. The molecular weight excluding hydrogens is 324 g/mol. The monoisotopic (exact) mass is 354 g/mol. The maximum Gasteiger partial charge on any atom is 0.194 e. The maximum absolute atomic E-state index is 4.81. The first-order valence-corrected chi connectivity index (χ1v) is 9.40. The van der Waals surface area contributed by atoms with E-state index in [4.69, 9.17) is 4.99 Å². The average molecular weight is 355 g/mol. The highest BCUT2D eigenvalue weighted by Crippen LogP contribution is 2.23. The van der Waals surface area contributed by atoms with Crippen molar-refractivity contribution in [3.8, 4) is 0 Å². The van der Waals surface area contributed by atoms with Gasteiger partial charge in [0.25, 0.3) is 0 Å². The zero-order valence-corrected chi connectivity index (χ0v) is 16.4. The van der Waals surface area contributed by atoms with Gasteiger partial charge in [-0.15, -0.1) is 0 Å². The Morgan fingerprint density at radius 3 is 2.62 bits per heavy atom. The Morgan fingerprint density at radius 1 is 1.19 bits per heavy atom. The largest absolute Gasteiger partial charge is 0.368 e. The Hall–Kier alpha value is -2.50. The molecule has 1 aromatic heterocycles. The van der Waals surface area contributed by atoms with Crippen molar-refractivity contribution < 1.29 is 0 Å². The van der Waals surface area contributed by atoms with Crippen LogP contribution in [0.3, 0.4) is 0 Å². The molecule has 0 atom stereocenters. The summed E-state index contributed by atoms with van der Waals surface area (Å²) in [5, 5.41) is 7.65. The number of guanidine groups is 1. The number of anilines is 1. The van der Waals surface area contributed by atoms with Crippen molar-refractivity contribution in [2.45, 2.75) is 27.3 Å². The van der Waals surface area contributed by atoms with Gasteiger partial charge in [0, 0.05) is 57.2 Å². The van der Waals surface area contributed by atoms with E-state index in [1.54, 1.807) is 0 Å². The number of benzene rings is 1. The van der Waals surface area contributed by atoms with Crippen molar-refractivity contribution in [1.82, 2.24) is 20.0 Å². The van der Waals surface area contributed by atoms with Crippen LogP contribution in [0.15, 0.2) is 35.6 Å². The second-order valence-electron chi connectivity index (χ2n) is 6.89. The van der Waals surface area contributed by atoms with Gasteiger partial charge in [0.05, 0.1) is 12.7 Å². The molecule has 6 heteroatoms. The second kappa shape index (κ2) is 8.25. The number of piperazine rings is 1. The first-order valence-electron chi connectivity index (χ1n) is 9.40. The molecule has 1 fully saturated rings. The summed E-state index contributed by atoms with van der Waals surface area (Å²) in [7, 11) is 1.94. The molecule has 140 valence electrons. The maximum atomic E-state index is 4.81. The summed E-state index contributed by atoms with van der Waals surface area (Å²) < 4.78 is 1.82. The lowest BCUT2D eigenvalue weighted by atomic mass is 10.1. The van der Waals surface area contributed by atoms with Gasteiger partial charge in [-0.1, -0.05) is 12.1 Å². The molecule has 0 bridgehead atoms. The molecule has 0 aliphatic carbocycles. The molecule has 26 heavy (non-hydrogen) atoms. The van der Waals surface area contributed by atoms with E-state index in [0.717, 1.165) is 44.2 Å². The number of hydrogen-bond donors (Lipinski definition) is 1. The third-order valence-corrected chi connectivity index (χ3v) is 5.00. The second-order valence-corrected chi connectivity index (χ2v) is 6.89. The van der Waals surface area contributed by atoms with Gasteiger partial charge in [-0.05, 0) is 38.0 Å². The number of aliphatic imine (C=N–C) groups is 1. The van der Waals surface area contributed by atoms with Crippen molar-refractivity contribution >= 4 is 11.6 Å². The van der Waals surface area contributed by atoms with E-state index >= 15 is 0 Å². The summed E-state index contributed by atoms with van der Waals surface area (Å²) in [6, 6.07) is 6.58. The Labute approximate surface area is 156 Å². The minimum atomic E-state index is 0.660. The Bertz CT molecular complexity index is 755. The molecule has 1 N–H and O–H groups in total. The minimum Gasteiger partial charge on any atom is -0.368 e. The molecule has 0 amide bonds. The highest BCUT2D eigenvalue weighted by molar-refractivity contribution is 5.80. The molecule has 3 rings (SSSR count). The Kier molecular flexibility index (Phi) is 5.81. The molecule has 2 heterocycles. The summed E-state index contributed by atoms with van der Waals surface area (Å²) in [6.07, 6.45) is 3.90. The van der Waals surface area contributed by atoms with Gasteiger partial charge >= 0.3 is 0 Å². The number of aryl methyl sites for hydroxylation is 2. The van der Waals surface area contributed by atoms with Crippen LogP contribution in [0, 0.1) is 13.8 Å². The normalized spacial score (nSPS) is 15.5. The molecular formula is C20H30N6. The Morgan fingerprint density at radius 2 is 1.96 bits per heavy atom. The molecule has 0 unspecified atom stereocenters.